The second-order valence-electron chi connectivity index (χ2n) is 5.41. The largest absolute Gasteiger partial charge is 0.416 e. The van der Waals surface area contributed by atoms with Crippen molar-refractivity contribution in [1.29, 1.82) is 0 Å². The minimum Gasteiger partial charge on any atom is -0.333 e. The van der Waals surface area contributed by atoms with E-state index >= 15 is 0 Å². The van der Waals surface area contributed by atoms with Crippen LogP contribution in [0, 0.1) is 0 Å². The number of hydrogen-bond acceptors (Lipinski definition) is 1. The van der Waals surface area contributed by atoms with Gasteiger partial charge in [-0.3, -0.25) is 4.79 Å². The molecule has 0 aliphatic carbocycles. The number of rotatable bonds is 5. The number of amides is 1. The molecule has 0 saturated heterocycles. The van der Waals surface area contributed by atoms with Gasteiger partial charge >= 0.3 is 6.18 Å². The summed E-state index contributed by atoms with van der Waals surface area (Å²) < 4.78 is 37.4. The Kier molecular flexibility index (Phi) is 5.85. The fourth-order valence-electron chi connectivity index (χ4n) is 2.16. The van der Waals surface area contributed by atoms with Gasteiger partial charge < -0.3 is 10.6 Å². The first-order chi connectivity index (χ1) is 11.3. The minimum atomic E-state index is -4.39. The first-order valence-electron chi connectivity index (χ1n) is 7.31. The summed E-state index contributed by atoms with van der Waals surface area (Å²) in [6, 6.07) is 11.7. The first-order valence-corrected chi connectivity index (χ1v) is 7.69. The van der Waals surface area contributed by atoms with E-state index in [9.17, 15) is 18.0 Å². The number of nitrogens with one attached hydrogen (secondary N) is 1. The van der Waals surface area contributed by atoms with Crippen molar-refractivity contribution in [2.24, 2.45) is 0 Å². The van der Waals surface area contributed by atoms with Crippen molar-refractivity contribution in [3.8, 4) is 0 Å². The van der Waals surface area contributed by atoms with Crippen LogP contribution in [-0.4, -0.2) is 12.5 Å². The lowest BCUT2D eigenvalue weighted by atomic mass is 10.1. The van der Waals surface area contributed by atoms with Gasteiger partial charge in [-0.1, -0.05) is 23.7 Å². The molecule has 3 nitrogen and oxygen atoms in total. The summed E-state index contributed by atoms with van der Waals surface area (Å²) in [6.07, 6.45) is -4.39. The zero-order valence-electron chi connectivity index (χ0n) is 12.9. The van der Waals surface area contributed by atoms with Crippen molar-refractivity contribution in [2.75, 3.05) is 11.9 Å². The van der Waals surface area contributed by atoms with E-state index in [1.807, 2.05) is 30.4 Å². The van der Waals surface area contributed by atoms with Crippen LogP contribution in [0.3, 0.4) is 0 Å². The highest BCUT2D eigenvalue weighted by atomic mass is 35.5. The second-order valence-corrected chi connectivity index (χ2v) is 5.84. The summed E-state index contributed by atoms with van der Waals surface area (Å²) in [6.45, 7) is 2.09. The third-order valence-electron chi connectivity index (χ3n) is 3.53. The fraction of sp³-hybridized carbons (Fsp3) is 0.235. The molecular formula is C17H17ClF3N2O+. The molecule has 0 unspecified atom stereocenters. The fourth-order valence-corrected chi connectivity index (χ4v) is 2.36. The zero-order chi connectivity index (χ0) is 17.7. The highest BCUT2D eigenvalue weighted by Gasteiger charge is 2.30. The summed E-state index contributed by atoms with van der Waals surface area (Å²) in [5, 5.41) is 5.03. The summed E-state index contributed by atoms with van der Waals surface area (Å²) in [7, 11) is 0. The smallest absolute Gasteiger partial charge is 0.333 e. The van der Waals surface area contributed by atoms with E-state index < -0.39 is 11.7 Å². The maximum Gasteiger partial charge on any atom is 0.416 e. The Labute approximate surface area is 142 Å². The quantitative estimate of drug-likeness (QED) is 0.843. The molecule has 0 bridgehead atoms. The molecule has 0 aromatic heterocycles. The topological polar surface area (TPSA) is 45.7 Å². The van der Waals surface area contributed by atoms with Crippen LogP contribution >= 0.6 is 11.6 Å². The molecule has 0 heterocycles. The number of hydrogen-bond donors (Lipinski definition) is 2. The van der Waals surface area contributed by atoms with E-state index in [1.165, 1.54) is 12.1 Å². The molecule has 1 atom stereocenters. The van der Waals surface area contributed by atoms with Crippen molar-refractivity contribution in [3.05, 3.63) is 64.7 Å². The van der Waals surface area contributed by atoms with Gasteiger partial charge in [0.25, 0.3) is 5.91 Å². The van der Waals surface area contributed by atoms with Crippen molar-refractivity contribution in [2.45, 2.75) is 19.1 Å². The number of anilines is 1. The third kappa shape index (κ3) is 5.25. The molecule has 2 rings (SSSR count). The molecule has 2 aromatic carbocycles. The number of carbonyl (C=O) groups excluding carboxylic acids is 1. The van der Waals surface area contributed by atoms with E-state index in [2.05, 4.69) is 5.32 Å². The Balaban J connectivity index is 1.87. The lowest BCUT2D eigenvalue weighted by Gasteiger charge is -2.12. The molecule has 0 spiro atoms. The van der Waals surface area contributed by atoms with Crippen molar-refractivity contribution < 1.29 is 23.3 Å². The summed E-state index contributed by atoms with van der Waals surface area (Å²) in [4.78, 5) is 11.9. The Morgan fingerprint density at radius 2 is 1.88 bits per heavy atom. The van der Waals surface area contributed by atoms with E-state index in [0.29, 0.717) is 10.7 Å². The maximum atomic E-state index is 12.5. The van der Waals surface area contributed by atoms with Crippen LogP contribution < -0.4 is 10.6 Å². The number of alkyl halides is 3. The number of halogens is 4. The lowest BCUT2D eigenvalue weighted by Crippen LogP contribution is -2.86. The van der Waals surface area contributed by atoms with Gasteiger partial charge in [-0.15, -0.1) is 0 Å². The van der Waals surface area contributed by atoms with E-state index in [-0.39, 0.29) is 18.5 Å². The van der Waals surface area contributed by atoms with Gasteiger partial charge in [0.15, 0.2) is 6.54 Å². The molecule has 7 heteroatoms. The van der Waals surface area contributed by atoms with Crippen LogP contribution in [0.5, 0.6) is 0 Å². The molecule has 1 amide bonds. The number of quaternary nitrogens is 1. The molecule has 24 heavy (non-hydrogen) atoms. The number of benzene rings is 2. The SMILES string of the molecule is C[C@H]([NH2+]CC(=O)Nc1ccc(C(F)(F)F)cc1)c1cccc(Cl)c1. The third-order valence-corrected chi connectivity index (χ3v) is 3.76. The Morgan fingerprint density at radius 1 is 1.21 bits per heavy atom. The van der Waals surface area contributed by atoms with E-state index in [1.54, 1.807) is 6.07 Å². The molecule has 0 fully saturated rings. The highest BCUT2D eigenvalue weighted by molar-refractivity contribution is 6.30. The van der Waals surface area contributed by atoms with Crippen LogP contribution in [0.1, 0.15) is 24.1 Å². The standard InChI is InChI=1S/C17H16ClF3N2O/c1-11(12-3-2-4-14(18)9-12)22-10-16(24)23-15-7-5-13(6-8-15)17(19,20)21/h2-9,11,22H,10H2,1H3,(H,23,24)/p+1/t11-/m0/s1. The molecule has 0 radical (unpaired) electrons. The van der Waals surface area contributed by atoms with Crippen LogP contribution in [0.2, 0.25) is 5.02 Å². The second kappa shape index (κ2) is 7.68. The molecule has 2 aromatic rings. The number of carbonyl (C=O) groups is 1. The van der Waals surface area contributed by atoms with Crippen LogP contribution in [0.25, 0.3) is 0 Å². The van der Waals surface area contributed by atoms with Gasteiger partial charge in [-0.05, 0) is 43.3 Å². The monoisotopic (exact) mass is 357 g/mol. The summed E-state index contributed by atoms with van der Waals surface area (Å²) in [5.41, 5.74) is 0.572. The predicted molar refractivity (Wildman–Crippen MR) is 86.7 cm³/mol. The zero-order valence-corrected chi connectivity index (χ0v) is 13.7. The highest BCUT2D eigenvalue weighted by Crippen LogP contribution is 2.29. The molecule has 0 aliphatic rings. The molecule has 0 saturated carbocycles. The van der Waals surface area contributed by atoms with Gasteiger partial charge in [-0.2, -0.15) is 13.2 Å². The number of nitrogens with two attached hydrogens (primary N) is 1. The molecule has 0 aliphatic heterocycles. The maximum absolute atomic E-state index is 12.5. The Bertz CT molecular complexity index is 702. The molecule has 3 N–H and O–H groups in total. The van der Waals surface area contributed by atoms with Crippen molar-refractivity contribution in [1.82, 2.24) is 0 Å². The van der Waals surface area contributed by atoms with Crippen LogP contribution in [0.4, 0.5) is 18.9 Å². The lowest BCUT2D eigenvalue weighted by molar-refractivity contribution is -0.682. The van der Waals surface area contributed by atoms with Crippen LogP contribution in [0.15, 0.2) is 48.5 Å². The summed E-state index contributed by atoms with van der Waals surface area (Å²) >= 11 is 5.93. The van der Waals surface area contributed by atoms with Gasteiger partial charge in [0.2, 0.25) is 0 Å². The summed E-state index contributed by atoms with van der Waals surface area (Å²) in [5.74, 6) is -0.288. The Hall–Kier alpha value is -2.05. The van der Waals surface area contributed by atoms with Gasteiger partial charge in [-0.25, -0.2) is 0 Å². The van der Waals surface area contributed by atoms with Crippen LogP contribution in [-0.2, 0) is 11.0 Å². The average molecular weight is 358 g/mol. The normalized spacial score (nSPS) is 12.7. The van der Waals surface area contributed by atoms with Gasteiger partial charge in [0, 0.05) is 16.3 Å². The van der Waals surface area contributed by atoms with Gasteiger partial charge in [0.05, 0.1) is 5.56 Å². The molecular weight excluding hydrogens is 341 g/mol. The van der Waals surface area contributed by atoms with Crippen molar-refractivity contribution in [3.63, 3.8) is 0 Å². The Morgan fingerprint density at radius 3 is 2.46 bits per heavy atom. The van der Waals surface area contributed by atoms with E-state index in [4.69, 9.17) is 11.6 Å². The molecule has 128 valence electrons. The minimum absolute atomic E-state index is 0.0297. The van der Waals surface area contributed by atoms with Crippen molar-refractivity contribution >= 4 is 23.2 Å². The predicted octanol–water partition coefficient (Wildman–Crippen LogP) is 3.62. The van der Waals surface area contributed by atoms with Gasteiger partial charge in [0.1, 0.15) is 6.04 Å². The van der Waals surface area contributed by atoms with E-state index in [0.717, 1.165) is 17.7 Å². The first kappa shape index (κ1) is 18.3. The average Bonchev–Trinajstić information content (AvgIpc) is 2.52.